The molecule has 5 heteroatoms. The molecular formula is C14H19N5. The van der Waals surface area contributed by atoms with Crippen molar-refractivity contribution in [3.05, 3.63) is 36.2 Å². The molecule has 0 atom stereocenters. The summed E-state index contributed by atoms with van der Waals surface area (Å²) in [7, 11) is 3.80. The molecule has 0 bridgehead atoms. The van der Waals surface area contributed by atoms with Crippen molar-refractivity contribution in [1.82, 2.24) is 9.97 Å². The van der Waals surface area contributed by atoms with Gasteiger partial charge in [-0.2, -0.15) is 0 Å². The van der Waals surface area contributed by atoms with Crippen LogP contribution >= 0.6 is 0 Å². The van der Waals surface area contributed by atoms with Crippen LogP contribution in [0.15, 0.2) is 30.6 Å². The molecule has 2 rings (SSSR count). The van der Waals surface area contributed by atoms with E-state index in [1.54, 1.807) is 0 Å². The Balaban J connectivity index is 2.25. The topological polar surface area (TPSA) is 67.1 Å². The minimum Gasteiger partial charge on any atom is -0.393 e. The van der Waals surface area contributed by atoms with Crippen LogP contribution in [0.1, 0.15) is 12.5 Å². The van der Waals surface area contributed by atoms with E-state index in [1.165, 1.54) is 11.9 Å². The smallest absolute Gasteiger partial charge is 0.159 e. The summed E-state index contributed by atoms with van der Waals surface area (Å²) in [5.74, 6) is 1.34. The molecule has 3 N–H and O–H groups in total. The van der Waals surface area contributed by atoms with E-state index in [2.05, 4.69) is 34.3 Å². The van der Waals surface area contributed by atoms with Gasteiger partial charge in [0, 0.05) is 19.8 Å². The second-order valence-corrected chi connectivity index (χ2v) is 4.53. The Morgan fingerprint density at radius 1 is 1.16 bits per heavy atom. The highest BCUT2D eigenvalue weighted by Gasteiger charge is 2.09. The number of benzene rings is 1. The fraction of sp³-hybridized carbons (Fsp3) is 0.286. The van der Waals surface area contributed by atoms with Gasteiger partial charge < -0.3 is 16.0 Å². The van der Waals surface area contributed by atoms with E-state index in [1.807, 2.05) is 31.1 Å². The van der Waals surface area contributed by atoms with Gasteiger partial charge in [-0.05, 0) is 24.1 Å². The predicted molar refractivity (Wildman–Crippen MR) is 79.9 cm³/mol. The first-order valence-electron chi connectivity index (χ1n) is 6.25. The zero-order valence-electron chi connectivity index (χ0n) is 11.5. The van der Waals surface area contributed by atoms with Gasteiger partial charge in [-0.25, -0.2) is 9.97 Å². The first kappa shape index (κ1) is 13.1. The van der Waals surface area contributed by atoms with Gasteiger partial charge in [0.15, 0.2) is 11.6 Å². The molecule has 2 aromatic rings. The van der Waals surface area contributed by atoms with Gasteiger partial charge in [0.05, 0.1) is 0 Å². The summed E-state index contributed by atoms with van der Waals surface area (Å²) in [4.78, 5) is 10.2. The number of aromatic nitrogens is 2. The van der Waals surface area contributed by atoms with Gasteiger partial charge in [-0.15, -0.1) is 0 Å². The van der Waals surface area contributed by atoms with Crippen molar-refractivity contribution in [3.8, 4) is 0 Å². The van der Waals surface area contributed by atoms with Crippen molar-refractivity contribution >= 4 is 23.0 Å². The highest BCUT2D eigenvalue weighted by molar-refractivity contribution is 5.77. The van der Waals surface area contributed by atoms with Crippen molar-refractivity contribution in [1.29, 1.82) is 0 Å². The summed E-state index contributed by atoms with van der Waals surface area (Å²) in [5.41, 5.74) is 8.87. The quantitative estimate of drug-likeness (QED) is 0.880. The second kappa shape index (κ2) is 5.56. The van der Waals surface area contributed by atoms with Gasteiger partial charge in [-0.3, -0.25) is 0 Å². The Morgan fingerprint density at radius 2 is 1.84 bits per heavy atom. The molecule has 1 aromatic heterocycles. The molecule has 1 heterocycles. The maximum atomic E-state index is 6.06. The number of anilines is 4. The van der Waals surface area contributed by atoms with Crippen molar-refractivity contribution in [2.24, 2.45) is 0 Å². The zero-order chi connectivity index (χ0) is 13.8. The highest BCUT2D eigenvalue weighted by Crippen LogP contribution is 2.27. The SMILES string of the molecule is CCc1ccc(Nc2ncnc(N(C)C)c2N)cc1. The van der Waals surface area contributed by atoms with E-state index in [-0.39, 0.29) is 0 Å². The summed E-state index contributed by atoms with van der Waals surface area (Å²) < 4.78 is 0. The molecule has 0 amide bonds. The minimum atomic E-state index is 0.548. The number of rotatable bonds is 4. The molecule has 19 heavy (non-hydrogen) atoms. The molecule has 0 unspecified atom stereocenters. The van der Waals surface area contributed by atoms with E-state index in [0.29, 0.717) is 17.3 Å². The minimum absolute atomic E-state index is 0.548. The molecule has 0 aliphatic heterocycles. The van der Waals surface area contributed by atoms with Crippen LogP contribution in [0.25, 0.3) is 0 Å². The lowest BCUT2D eigenvalue weighted by Crippen LogP contribution is -2.14. The highest BCUT2D eigenvalue weighted by atomic mass is 15.2. The molecule has 100 valence electrons. The van der Waals surface area contributed by atoms with Gasteiger partial charge in [0.25, 0.3) is 0 Å². The molecule has 5 nitrogen and oxygen atoms in total. The molecule has 0 saturated heterocycles. The Kier molecular flexibility index (Phi) is 3.85. The van der Waals surface area contributed by atoms with Crippen LogP contribution in [0.2, 0.25) is 0 Å². The molecule has 0 aliphatic carbocycles. The number of hydrogen-bond donors (Lipinski definition) is 2. The van der Waals surface area contributed by atoms with Crippen LogP contribution in [0.5, 0.6) is 0 Å². The van der Waals surface area contributed by atoms with E-state index in [0.717, 1.165) is 12.1 Å². The standard InChI is InChI=1S/C14H19N5/c1-4-10-5-7-11(8-6-10)18-13-12(15)14(19(2)3)17-9-16-13/h5-9H,4,15H2,1-3H3,(H,16,17,18). The van der Waals surface area contributed by atoms with Crippen LogP contribution < -0.4 is 16.0 Å². The first-order valence-corrected chi connectivity index (χ1v) is 6.25. The first-order chi connectivity index (χ1) is 9.11. The van der Waals surface area contributed by atoms with Crippen LogP contribution in [-0.2, 0) is 6.42 Å². The Labute approximate surface area is 113 Å². The van der Waals surface area contributed by atoms with Crippen LogP contribution in [0.4, 0.5) is 23.0 Å². The Hall–Kier alpha value is -2.30. The monoisotopic (exact) mass is 257 g/mol. The molecule has 0 fully saturated rings. The van der Waals surface area contributed by atoms with E-state index in [4.69, 9.17) is 5.73 Å². The Morgan fingerprint density at radius 3 is 2.42 bits per heavy atom. The van der Waals surface area contributed by atoms with E-state index >= 15 is 0 Å². The lowest BCUT2D eigenvalue weighted by atomic mass is 10.1. The lowest BCUT2D eigenvalue weighted by molar-refractivity contribution is 1.04. The van der Waals surface area contributed by atoms with Crippen molar-refractivity contribution < 1.29 is 0 Å². The number of aryl methyl sites for hydroxylation is 1. The molecular weight excluding hydrogens is 238 g/mol. The van der Waals surface area contributed by atoms with Crippen LogP contribution in [0, 0.1) is 0 Å². The van der Waals surface area contributed by atoms with Gasteiger partial charge in [-0.1, -0.05) is 19.1 Å². The third-order valence-corrected chi connectivity index (χ3v) is 2.91. The average molecular weight is 257 g/mol. The zero-order valence-corrected chi connectivity index (χ0v) is 11.5. The molecule has 0 saturated carbocycles. The fourth-order valence-corrected chi connectivity index (χ4v) is 1.80. The average Bonchev–Trinajstić information content (AvgIpc) is 2.41. The molecule has 0 radical (unpaired) electrons. The molecule has 0 aliphatic rings. The summed E-state index contributed by atoms with van der Waals surface area (Å²) in [6, 6.07) is 8.23. The molecule has 0 spiro atoms. The number of nitrogens with zero attached hydrogens (tertiary/aromatic N) is 3. The lowest BCUT2D eigenvalue weighted by Gasteiger charge is -2.16. The normalized spacial score (nSPS) is 10.3. The van der Waals surface area contributed by atoms with Crippen molar-refractivity contribution in [3.63, 3.8) is 0 Å². The Bertz CT molecular complexity index is 548. The van der Waals surface area contributed by atoms with E-state index < -0.39 is 0 Å². The second-order valence-electron chi connectivity index (χ2n) is 4.53. The number of nitrogen functional groups attached to an aromatic ring is 1. The van der Waals surface area contributed by atoms with Crippen LogP contribution in [0.3, 0.4) is 0 Å². The summed E-state index contributed by atoms with van der Waals surface area (Å²) in [6.07, 6.45) is 2.54. The largest absolute Gasteiger partial charge is 0.393 e. The van der Waals surface area contributed by atoms with Crippen molar-refractivity contribution in [2.75, 3.05) is 30.0 Å². The van der Waals surface area contributed by atoms with Gasteiger partial charge >= 0.3 is 0 Å². The summed E-state index contributed by atoms with van der Waals surface area (Å²) in [6.45, 7) is 2.13. The van der Waals surface area contributed by atoms with Crippen molar-refractivity contribution in [2.45, 2.75) is 13.3 Å². The predicted octanol–water partition coefficient (Wildman–Crippen LogP) is 2.43. The number of nitrogens with two attached hydrogens (primary N) is 1. The fourth-order valence-electron chi connectivity index (χ4n) is 1.80. The summed E-state index contributed by atoms with van der Waals surface area (Å²) >= 11 is 0. The van der Waals surface area contributed by atoms with Gasteiger partial charge in [0.1, 0.15) is 12.0 Å². The summed E-state index contributed by atoms with van der Waals surface area (Å²) in [5, 5.41) is 3.22. The third kappa shape index (κ3) is 2.93. The maximum Gasteiger partial charge on any atom is 0.159 e. The van der Waals surface area contributed by atoms with Crippen LogP contribution in [-0.4, -0.2) is 24.1 Å². The number of nitrogens with one attached hydrogen (secondary N) is 1. The number of hydrogen-bond acceptors (Lipinski definition) is 5. The maximum absolute atomic E-state index is 6.06. The third-order valence-electron chi connectivity index (χ3n) is 2.91. The van der Waals surface area contributed by atoms with Gasteiger partial charge in [0.2, 0.25) is 0 Å². The molecule has 1 aromatic carbocycles. The van der Waals surface area contributed by atoms with E-state index in [9.17, 15) is 0 Å².